The lowest BCUT2D eigenvalue weighted by molar-refractivity contribution is -0.124. The Morgan fingerprint density at radius 3 is 2.22 bits per heavy atom. The van der Waals surface area contributed by atoms with Crippen LogP contribution in [0, 0.1) is 0 Å². The molecule has 4 N–H and O–H groups in total. The molecule has 0 unspecified atom stereocenters. The quantitative estimate of drug-likeness (QED) is 0.0798. The zero-order chi connectivity index (χ0) is 32.8. The monoisotopic (exact) mass is 625 g/mol. The van der Waals surface area contributed by atoms with Gasteiger partial charge in [0.05, 0.1) is 12.6 Å². The molecule has 242 valence electrons. The third kappa shape index (κ3) is 10.4. The molecule has 0 aromatic heterocycles. The van der Waals surface area contributed by atoms with Gasteiger partial charge in [-0.05, 0) is 67.3 Å². The fraction of sp³-hybridized carbons (Fsp3) is 0.400. The number of nitrogens with zero attached hydrogens (tertiary/aromatic N) is 3. The van der Waals surface area contributed by atoms with Crippen LogP contribution in [0.3, 0.4) is 0 Å². The number of nitrogens with one attached hydrogen (secondary N) is 4. The SMILES string of the molecule is CC(C)(CN=[N+]=[N-])OC(=O)N[C@@H](CCCCNC(=O)[C@@H]1Cc2ccccc2CN1)C(=O)NCC(c1ccccc1)c1ccccc1. The second kappa shape index (κ2) is 17.0. The molecule has 3 amide bonds. The topological polar surface area (TPSA) is 157 Å². The summed E-state index contributed by atoms with van der Waals surface area (Å²) in [7, 11) is 0. The van der Waals surface area contributed by atoms with Crippen molar-refractivity contribution < 1.29 is 19.1 Å². The Labute approximate surface area is 270 Å². The lowest BCUT2D eigenvalue weighted by atomic mass is 9.91. The maximum Gasteiger partial charge on any atom is 0.408 e. The minimum absolute atomic E-state index is 0.0508. The summed E-state index contributed by atoms with van der Waals surface area (Å²) < 4.78 is 5.48. The van der Waals surface area contributed by atoms with Crippen LogP contribution in [0.15, 0.2) is 90.0 Å². The number of azide groups is 1. The first-order valence-electron chi connectivity index (χ1n) is 15.7. The number of amides is 3. The highest BCUT2D eigenvalue weighted by molar-refractivity contribution is 5.85. The van der Waals surface area contributed by atoms with E-state index < -0.39 is 17.7 Å². The van der Waals surface area contributed by atoms with E-state index in [2.05, 4.69) is 43.4 Å². The van der Waals surface area contributed by atoms with Crippen molar-refractivity contribution in [3.05, 3.63) is 118 Å². The van der Waals surface area contributed by atoms with E-state index in [0.29, 0.717) is 45.3 Å². The Morgan fingerprint density at radius 2 is 1.57 bits per heavy atom. The summed E-state index contributed by atoms with van der Waals surface area (Å²) >= 11 is 0. The number of ether oxygens (including phenoxy) is 1. The first-order valence-corrected chi connectivity index (χ1v) is 15.7. The van der Waals surface area contributed by atoms with E-state index in [0.717, 1.165) is 11.1 Å². The number of carbonyl (C=O) groups is 3. The largest absolute Gasteiger partial charge is 0.443 e. The normalized spacial score (nSPS) is 14.7. The van der Waals surface area contributed by atoms with Crippen molar-refractivity contribution in [1.82, 2.24) is 21.3 Å². The molecule has 0 spiro atoms. The van der Waals surface area contributed by atoms with Gasteiger partial charge in [0, 0.05) is 30.5 Å². The van der Waals surface area contributed by atoms with Gasteiger partial charge in [0.15, 0.2) is 0 Å². The Kier molecular flexibility index (Phi) is 12.6. The molecule has 4 rings (SSSR count). The van der Waals surface area contributed by atoms with Gasteiger partial charge in [-0.1, -0.05) is 90.0 Å². The summed E-state index contributed by atoms with van der Waals surface area (Å²) in [5.41, 5.74) is 12.1. The highest BCUT2D eigenvalue weighted by Gasteiger charge is 2.28. The standard InChI is InChI=1S/C35H43N7O4/c1-35(2,24-40-42-36)46-34(45)41-30(19-11-12-20-37-33(44)31-21-27-17-9-10-18-28(27)22-38-31)32(43)39-23-29(25-13-5-3-6-14-25)26-15-7-4-8-16-26/h3-10,13-18,29-31,38H,11-12,19-24H2,1-2H3,(H,37,44)(H,39,43)(H,41,45)/t30-,31-/m0/s1. The van der Waals surface area contributed by atoms with Crippen LogP contribution in [0.1, 0.15) is 61.3 Å². The number of fused-ring (bicyclic) bond motifs is 1. The van der Waals surface area contributed by atoms with Gasteiger partial charge < -0.3 is 26.0 Å². The van der Waals surface area contributed by atoms with E-state index in [1.807, 2.05) is 72.8 Å². The second-order valence-electron chi connectivity index (χ2n) is 12.0. The third-order valence-corrected chi connectivity index (χ3v) is 7.99. The Morgan fingerprint density at radius 1 is 0.935 bits per heavy atom. The minimum atomic E-state index is -1.05. The Hall–Kier alpha value is -4.86. The average Bonchev–Trinajstić information content (AvgIpc) is 3.07. The maximum atomic E-state index is 13.5. The number of rotatable bonds is 15. The molecular weight excluding hydrogens is 582 g/mol. The first kappa shape index (κ1) is 34.0. The van der Waals surface area contributed by atoms with Crippen molar-refractivity contribution in [1.29, 1.82) is 0 Å². The number of carbonyl (C=O) groups excluding carboxylic acids is 3. The molecule has 0 radical (unpaired) electrons. The van der Waals surface area contributed by atoms with Gasteiger partial charge >= 0.3 is 6.09 Å². The first-order chi connectivity index (χ1) is 22.3. The van der Waals surface area contributed by atoms with E-state index >= 15 is 0 Å². The molecule has 0 bridgehead atoms. The summed E-state index contributed by atoms with van der Waals surface area (Å²) in [5, 5.41) is 15.5. The van der Waals surface area contributed by atoms with Gasteiger partial charge in [-0.3, -0.25) is 9.59 Å². The van der Waals surface area contributed by atoms with Crippen LogP contribution in [0.4, 0.5) is 4.79 Å². The van der Waals surface area contributed by atoms with Crippen LogP contribution in [-0.4, -0.2) is 55.2 Å². The number of hydrogen-bond donors (Lipinski definition) is 4. The summed E-state index contributed by atoms with van der Waals surface area (Å²) in [6.07, 6.45) is 1.39. The highest BCUT2D eigenvalue weighted by Crippen LogP contribution is 2.24. The van der Waals surface area contributed by atoms with Crippen LogP contribution in [0.25, 0.3) is 10.4 Å². The molecule has 46 heavy (non-hydrogen) atoms. The van der Waals surface area contributed by atoms with Crippen molar-refractivity contribution in [2.24, 2.45) is 5.11 Å². The molecule has 2 atom stereocenters. The predicted molar refractivity (Wildman–Crippen MR) is 177 cm³/mol. The van der Waals surface area contributed by atoms with Gasteiger partial charge in [-0.15, -0.1) is 0 Å². The molecule has 3 aromatic rings. The van der Waals surface area contributed by atoms with E-state index in [4.69, 9.17) is 10.3 Å². The molecule has 0 saturated carbocycles. The van der Waals surface area contributed by atoms with E-state index in [1.54, 1.807) is 13.8 Å². The molecule has 1 aliphatic heterocycles. The molecule has 0 aliphatic carbocycles. The van der Waals surface area contributed by atoms with Gasteiger partial charge in [0.2, 0.25) is 11.8 Å². The van der Waals surface area contributed by atoms with Crippen LogP contribution < -0.4 is 21.3 Å². The average molecular weight is 626 g/mol. The van der Waals surface area contributed by atoms with Crippen LogP contribution >= 0.6 is 0 Å². The zero-order valence-corrected chi connectivity index (χ0v) is 26.4. The van der Waals surface area contributed by atoms with Gasteiger partial charge in [-0.2, -0.15) is 0 Å². The van der Waals surface area contributed by atoms with Crippen molar-refractivity contribution in [3.8, 4) is 0 Å². The summed E-state index contributed by atoms with van der Waals surface area (Å²) in [6.45, 7) is 4.63. The van der Waals surface area contributed by atoms with Crippen LogP contribution in [0.5, 0.6) is 0 Å². The molecule has 1 aliphatic rings. The smallest absolute Gasteiger partial charge is 0.408 e. The lowest BCUT2D eigenvalue weighted by Crippen LogP contribution is -2.49. The Balaban J connectivity index is 1.34. The minimum Gasteiger partial charge on any atom is -0.443 e. The number of hydrogen-bond acceptors (Lipinski definition) is 6. The lowest BCUT2D eigenvalue weighted by Gasteiger charge is -2.26. The molecule has 11 heteroatoms. The molecule has 0 fully saturated rings. The summed E-state index contributed by atoms with van der Waals surface area (Å²) in [5.74, 6) is -0.478. The third-order valence-electron chi connectivity index (χ3n) is 7.99. The predicted octanol–water partition coefficient (Wildman–Crippen LogP) is 5.12. The highest BCUT2D eigenvalue weighted by atomic mass is 16.6. The molecule has 1 heterocycles. The van der Waals surface area contributed by atoms with Crippen LogP contribution in [0.2, 0.25) is 0 Å². The van der Waals surface area contributed by atoms with Crippen molar-refractivity contribution in [2.75, 3.05) is 19.6 Å². The zero-order valence-electron chi connectivity index (χ0n) is 26.4. The Bertz CT molecular complexity index is 1450. The summed E-state index contributed by atoms with van der Waals surface area (Å²) in [4.78, 5) is 41.9. The second-order valence-corrected chi connectivity index (χ2v) is 12.0. The van der Waals surface area contributed by atoms with Gasteiger partial charge in [0.25, 0.3) is 0 Å². The fourth-order valence-electron chi connectivity index (χ4n) is 5.50. The number of alkyl carbamates (subject to hydrolysis) is 1. The molecule has 3 aromatic carbocycles. The van der Waals surface area contributed by atoms with E-state index in [1.165, 1.54) is 11.1 Å². The maximum absolute atomic E-state index is 13.5. The van der Waals surface area contributed by atoms with Gasteiger partial charge in [0.1, 0.15) is 11.6 Å². The van der Waals surface area contributed by atoms with Gasteiger partial charge in [-0.25, -0.2) is 4.79 Å². The molecule has 11 nitrogen and oxygen atoms in total. The van der Waals surface area contributed by atoms with Crippen LogP contribution in [-0.2, 0) is 27.3 Å². The number of unbranched alkanes of at least 4 members (excludes halogenated alkanes) is 1. The van der Waals surface area contributed by atoms with E-state index in [-0.39, 0.29) is 30.3 Å². The van der Waals surface area contributed by atoms with Crippen molar-refractivity contribution in [2.45, 2.75) is 69.7 Å². The van der Waals surface area contributed by atoms with Crippen molar-refractivity contribution >= 4 is 17.9 Å². The molecular formula is C35H43N7O4. The number of benzene rings is 3. The molecule has 0 saturated heterocycles. The fourth-order valence-corrected chi connectivity index (χ4v) is 5.50. The van der Waals surface area contributed by atoms with Crippen molar-refractivity contribution in [3.63, 3.8) is 0 Å². The summed E-state index contributed by atoms with van der Waals surface area (Å²) in [6, 6.07) is 26.8. The van der Waals surface area contributed by atoms with E-state index in [9.17, 15) is 14.4 Å².